The number of para-hydroxylation sites is 1. The summed E-state index contributed by atoms with van der Waals surface area (Å²) < 4.78 is 25.6. The van der Waals surface area contributed by atoms with Crippen LogP contribution in [0.15, 0.2) is 70.1 Å². The summed E-state index contributed by atoms with van der Waals surface area (Å²) in [5.41, 5.74) is 1.06. The van der Waals surface area contributed by atoms with Crippen molar-refractivity contribution in [2.75, 3.05) is 12.4 Å². The van der Waals surface area contributed by atoms with Gasteiger partial charge >= 0.3 is 0 Å². The molecule has 1 N–H and O–H groups in total. The average molecular weight is 438 g/mol. The number of hydrogen-bond acceptors (Lipinski definition) is 5. The van der Waals surface area contributed by atoms with Gasteiger partial charge in [0.15, 0.2) is 11.3 Å². The molecule has 4 rings (SSSR count). The number of carbonyl (C=O) groups is 1. The van der Waals surface area contributed by atoms with Crippen molar-refractivity contribution in [3.63, 3.8) is 0 Å². The van der Waals surface area contributed by atoms with Crippen LogP contribution in [0, 0.1) is 12.7 Å². The van der Waals surface area contributed by atoms with Crippen LogP contribution in [0.5, 0.6) is 5.75 Å². The first-order chi connectivity index (χ1) is 14.9. The molecule has 1 amide bonds. The molecule has 156 valence electrons. The van der Waals surface area contributed by atoms with Crippen LogP contribution in [0.3, 0.4) is 0 Å². The van der Waals surface area contributed by atoms with Crippen LogP contribution in [-0.2, 0) is 0 Å². The van der Waals surface area contributed by atoms with E-state index in [1.54, 1.807) is 36.4 Å². The number of carbonyl (C=O) groups excluding carboxylic acids is 1. The van der Waals surface area contributed by atoms with Gasteiger partial charge in [-0.1, -0.05) is 29.8 Å². The van der Waals surface area contributed by atoms with E-state index in [9.17, 15) is 9.18 Å². The van der Waals surface area contributed by atoms with Crippen molar-refractivity contribution < 1.29 is 18.3 Å². The molecule has 0 spiro atoms. The molecule has 31 heavy (non-hydrogen) atoms. The van der Waals surface area contributed by atoms with Crippen LogP contribution in [0.1, 0.15) is 16.1 Å². The lowest BCUT2D eigenvalue weighted by Crippen LogP contribution is -2.22. The molecule has 0 saturated carbocycles. The number of anilines is 1. The lowest BCUT2D eigenvalue weighted by molar-refractivity contribution is 0.102. The Morgan fingerprint density at radius 3 is 2.74 bits per heavy atom. The van der Waals surface area contributed by atoms with Gasteiger partial charge in [-0.3, -0.25) is 4.79 Å². The first-order valence-corrected chi connectivity index (χ1v) is 9.68. The number of rotatable bonds is 4. The van der Waals surface area contributed by atoms with E-state index in [-0.39, 0.29) is 16.8 Å². The summed E-state index contributed by atoms with van der Waals surface area (Å²) in [4.78, 5) is 21.6. The van der Waals surface area contributed by atoms with Gasteiger partial charge in [0.2, 0.25) is 5.55 Å². The second kappa shape index (κ2) is 8.57. The van der Waals surface area contributed by atoms with E-state index in [0.717, 1.165) is 5.69 Å². The summed E-state index contributed by atoms with van der Waals surface area (Å²) in [6.45, 7) is 1.82. The predicted octanol–water partition coefficient (Wildman–Crippen LogP) is 5.42. The summed E-state index contributed by atoms with van der Waals surface area (Å²) in [6, 6.07) is 16.1. The van der Waals surface area contributed by atoms with Crippen LogP contribution in [0.2, 0.25) is 5.02 Å². The fourth-order valence-corrected chi connectivity index (χ4v) is 3.17. The van der Waals surface area contributed by atoms with Gasteiger partial charge in [-0.15, -0.1) is 0 Å². The summed E-state index contributed by atoms with van der Waals surface area (Å²) in [5.74, 6) is -0.289. The Labute approximate surface area is 182 Å². The summed E-state index contributed by atoms with van der Waals surface area (Å²) in [6.07, 6.45) is 0. The van der Waals surface area contributed by atoms with Crippen LogP contribution in [0.25, 0.3) is 11.0 Å². The van der Waals surface area contributed by atoms with Crippen molar-refractivity contribution in [2.24, 2.45) is 4.99 Å². The molecule has 2 heterocycles. The van der Waals surface area contributed by atoms with E-state index in [1.165, 1.54) is 25.3 Å². The molecule has 0 aliphatic carbocycles. The molecule has 0 unspecified atom stereocenters. The number of methoxy groups -OCH3 is 1. The van der Waals surface area contributed by atoms with Crippen LogP contribution < -0.4 is 15.6 Å². The summed E-state index contributed by atoms with van der Waals surface area (Å²) in [7, 11) is 1.50. The molecule has 0 fully saturated rings. The fourth-order valence-electron chi connectivity index (χ4n) is 3.01. The number of ether oxygens (including phenoxy) is 1. The summed E-state index contributed by atoms with van der Waals surface area (Å²) >= 11 is 5.99. The van der Waals surface area contributed by atoms with Gasteiger partial charge in [0, 0.05) is 16.1 Å². The number of halogens is 2. The number of fused-ring (bicyclic) bond motifs is 1. The van der Waals surface area contributed by atoms with Gasteiger partial charge in [-0.2, -0.15) is 0 Å². The maximum absolute atomic E-state index is 14.3. The third-order valence-corrected chi connectivity index (χ3v) is 4.70. The van der Waals surface area contributed by atoms with Gasteiger partial charge in [0.05, 0.1) is 7.11 Å². The number of aryl methyl sites for hydroxylation is 1. The van der Waals surface area contributed by atoms with Crippen LogP contribution in [0.4, 0.5) is 15.9 Å². The van der Waals surface area contributed by atoms with Crippen molar-refractivity contribution >= 4 is 40.0 Å². The molecular weight excluding hydrogens is 421 g/mol. The monoisotopic (exact) mass is 437 g/mol. The van der Waals surface area contributed by atoms with Crippen LogP contribution in [-0.4, -0.2) is 18.0 Å². The molecule has 0 aliphatic heterocycles. The van der Waals surface area contributed by atoms with E-state index >= 15 is 0 Å². The second-order valence-corrected chi connectivity index (χ2v) is 7.11. The highest BCUT2D eigenvalue weighted by Gasteiger charge is 2.16. The van der Waals surface area contributed by atoms with Crippen LogP contribution >= 0.6 is 11.6 Å². The number of hydrogen-bond donors (Lipinski definition) is 1. The Balaban J connectivity index is 1.92. The second-order valence-electron chi connectivity index (χ2n) is 6.67. The number of nitrogens with zero attached hydrogens (tertiary/aromatic N) is 2. The lowest BCUT2D eigenvalue weighted by atomic mass is 10.1. The molecule has 4 aromatic rings. The van der Waals surface area contributed by atoms with Gasteiger partial charge in [-0.05, 0) is 49.4 Å². The third kappa shape index (κ3) is 4.41. The molecule has 0 radical (unpaired) electrons. The number of aromatic nitrogens is 1. The molecule has 0 bridgehead atoms. The fraction of sp³-hybridized carbons (Fsp3) is 0.0870. The molecule has 2 aromatic heterocycles. The first kappa shape index (κ1) is 20.6. The van der Waals surface area contributed by atoms with Gasteiger partial charge in [0.25, 0.3) is 5.91 Å². The van der Waals surface area contributed by atoms with Crippen molar-refractivity contribution in [1.82, 2.24) is 4.98 Å². The predicted molar refractivity (Wildman–Crippen MR) is 116 cm³/mol. The van der Waals surface area contributed by atoms with E-state index in [4.69, 9.17) is 20.8 Å². The highest BCUT2D eigenvalue weighted by Crippen LogP contribution is 2.26. The topological polar surface area (TPSA) is 76.7 Å². The van der Waals surface area contributed by atoms with Gasteiger partial charge in [0.1, 0.15) is 22.9 Å². The first-order valence-electron chi connectivity index (χ1n) is 9.30. The molecule has 8 heteroatoms. The van der Waals surface area contributed by atoms with Gasteiger partial charge < -0.3 is 14.5 Å². The Morgan fingerprint density at radius 2 is 1.97 bits per heavy atom. The zero-order valence-electron chi connectivity index (χ0n) is 16.6. The number of benzene rings is 2. The largest absolute Gasteiger partial charge is 0.493 e. The van der Waals surface area contributed by atoms with E-state index in [2.05, 4.69) is 15.3 Å². The molecule has 2 aromatic carbocycles. The molecular formula is C23H17ClFN3O3. The number of amides is 1. The molecule has 0 atom stereocenters. The zero-order valence-corrected chi connectivity index (χ0v) is 17.4. The summed E-state index contributed by atoms with van der Waals surface area (Å²) in [5, 5.41) is 3.64. The normalized spacial score (nSPS) is 11.5. The number of nitrogens with one attached hydrogen (secondary N) is 1. The smallest absolute Gasteiger partial charge is 0.262 e. The minimum absolute atomic E-state index is 0.0618. The zero-order chi connectivity index (χ0) is 22.0. The van der Waals surface area contributed by atoms with Gasteiger partial charge in [-0.25, -0.2) is 14.4 Å². The maximum atomic E-state index is 14.3. The minimum atomic E-state index is -0.605. The van der Waals surface area contributed by atoms with Crippen molar-refractivity contribution in [2.45, 2.75) is 6.92 Å². The maximum Gasteiger partial charge on any atom is 0.262 e. The molecule has 6 nitrogen and oxygen atoms in total. The standard InChI is InChI=1S/C23H17ClFN3O3/c1-13-5-3-8-20(26-13)28-22(29)16-11-14-6-4-7-19(30-2)21(14)31-23(16)27-18-12-15(24)9-10-17(18)25/h3-12H,1-2H3,(H,26,28,29). The Bertz CT molecular complexity index is 1370. The highest BCUT2D eigenvalue weighted by molar-refractivity contribution is 6.30. The quantitative estimate of drug-likeness (QED) is 0.462. The van der Waals surface area contributed by atoms with E-state index in [1.807, 2.05) is 13.0 Å². The molecule has 0 aliphatic rings. The minimum Gasteiger partial charge on any atom is -0.493 e. The van der Waals surface area contributed by atoms with E-state index < -0.39 is 11.7 Å². The van der Waals surface area contributed by atoms with Crippen molar-refractivity contribution in [3.8, 4) is 5.75 Å². The highest BCUT2D eigenvalue weighted by atomic mass is 35.5. The van der Waals surface area contributed by atoms with Crippen molar-refractivity contribution in [3.05, 3.63) is 88.3 Å². The third-order valence-electron chi connectivity index (χ3n) is 4.46. The Hall–Kier alpha value is -3.71. The van der Waals surface area contributed by atoms with Crippen molar-refractivity contribution in [1.29, 1.82) is 0 Å². The lowest BCUT2D eigenvalue weighted by Gasteiger charge is -2.09. The number of pyridine rings is 1. The average Bonchev–Trinajstić information content (AvgIpc) is 2.75. The SMILES string of the molecule is COc1cccc2cc(C(=O)Nc3cccc(C)n3)c(=Nc3cc(Cl)ccc3F)oc12. The Kier molecular flexibility index (Phi) is 5.68. The Morgan fingerprint density at radius 1 is 1.16 bits per heavy atom. The van der Waals surface area contributed by atoms with E-state index in [0.29, 0.717) is 27.6 Å². The molecule has 0 saturated heterocycles.